The first kappa shape index (κ1) is 19.8. The van der Waals surface area contributed by atoms with Gasteiger partial charge in [-0.05, 0) is 17.7 Å². The Morgan fingerprint density at radius 3 is 2.11 bits per heavy atom. The molecule has 28 heavy (non-hydrogen) atoms. The summed E-state index contributed by atoms with van der Waals surface area (Å²) in [6, 6.07) is 14.4. The molecule has 0 saturated carbocycles. The third-order valence-corrected chi connectivity index (χ3v) is 4.56. The molecule has 0 radical (unpaired) electrons. The number of carbonyl (C=O) groups is 2. The van der Waals surface area contributed by atoms with Gasteiger partial charge < -0.3 is 19.6 Å². The third-order valence-electron chi connectivity index (χ3n) is 4.56. The zero-order chi connectivity index (χ0) is 20.1. The average molecular weight is 390 g/mol. The molecule has 1 aliphatic heterocycles. The monoisotopic (exact) mass is 390 g/mol. The number of hydrogen-bond donors (Lipinski definition) is 1. The van der Waals surface area contributed by atoms with Crippen LogP contribution in [0.15, 0.2) is 54.6 Å². The molecule has 1 aliphatic rings. The summed E-state index contributed by atoms with van der Waals surface area (Å²) in [5.41, 5.74) is 0.552. The van der Waals surface area contributed by atoms with E-state index in [9.17, 15) is 23.5 Å². The van der Waals surface area contributed by atoms with Crippen molar-refractivity contribution in [2.45, 2.75) is 12.7 Å². The highest BCUT2D eigenvalue weighted by Gasteiger charge is 2.30. The lowest BCUT2D eigenvalue weighted by Gasteiger charge is -2.36. The minimum Gasteiger partial charge on any atom is -0.434 e. The molecule has 3 rings (SSSR count). The number of ether oxygens (including phenoxy) is 1. The van der Waals surface area contributed by atoms with Crippen LogP contribution in [0.1, 0.15) is 22.0 Å². The van der Waals surface area contributed by atoms with E-state index >= 15 is 0 Å². The molecule has 1 N–H and O–H groups in total. The van der Waals surface area contributed by atoms with Crippen molar-refractivity contribution in [2.75, 3.05) is 26.2 Å². The molecule has 2 aromatic carbocycles. The molecule has 148 valence electrons. The second-order valence-electron chi connectivity index (χ2n) is 6.31. The maximum atomic E-state index is 12.7. The van der Waals surface area contributed by atoms with Gasteiger partial charge in [-0.15, -0.1) is 0 Å². The van der Waals surface area contributed by atoms with E-state index in [2.05, 4.69) is 4.74 Å². The Kier molecular flexibility index (Phi) is 6.20. The number of benzene rings is 2. The minimum absolute atomic E-state index is 0.0481. The molecule has 1 fully saturated rings. The van der Waals surface area contributed by atoms with Gasteiger partial charge in [0.15, 0.2) is 6.10 Å². The number of amides is 2. The Labute approximate surface area is 160 Å². The molecule has 0 unspecified atom stereocenters. The Morgan fingerprint density at radius 1 is 0.893 bits per heavy atom. The van der Waals surface area contributed by atoms with Gasteiger partial charge in [-0.3, -0.25) is 9.59 Å². The first-order valence-electron chi connectivity index (χ1n) is 8.82. The van der Waals surface area contributed by atoms with Crippen LogP contribution in [0.4, 0.5) is 8.78 Å². The van der Waals surface area contributed by atoms with E-state index in [-0.39, 0.29) is 37.5 Å². The van der Waals surface area contributed by atoms with Crippen LogP contribution >= 0.6 is 0 Å². The van der Waals surface area contributed by atoms with Crippen LogP contribution in [0.25, 0.3) is 0 Å². The molecule has 2 aromatic rings. The highest BCUT2D eigenvalue weighted by molar-refractivity contribution is 5.97. The van der Waals surface area contributed by atoms with Gasteiger partial charge in [0.1, 0.15) is 5.75 Å². The van der Waals surface area contributed by atoms with Crippen LogP contribution in [0.3, 0.4) is 0 Å². The van der Waals surface area contributed by atoms with E-state index in [1.807, 2.05) is 0 Å². The standard InChI is InChI=1S/C20H20F2N2O4/c21-20(22)28-16-9-5-4-8-15(16)18(26)23-10-12-24(13-11-23)19(27)17(25)14-6-2-1-3-7-14/h1-9,17,20,25H,10-13H2/t17-/m1/s1. The van der Waals surface area contributed by atoms with Crippen molar-refractivity contribution >= 4 is 11.8 Å². The molecule has 1 heterocycles. The van der Waals surface area contributed by atoms with Crippen molar-refractivity contribution in [2.24, 2.45) is 0 Å². The maximum Gasteiger partial charge on any atom is 0.387 e. The highest BCUT2D eigenvalue weighted by Crippen LogP contribution is 2.23. The summed E-state index contributed by atoms with van der Waals surface area (Å²) in [6.07, 6.45) is -1.26. The SMILES string of the molecule is O=C(c1ccccc1OC(F)F)N1CCN(C(=O)[C@H](O)c2ccccc2)CC1. The summed E-state index contributed by atoms with van der Waals surface area (Å²) in [5.74, 6) is -1.05. The molecule has 0 spiro atoms. The predicted molar refractivity (Wildman–Crippen MR) is 97.0 cm³/mol. The second kappa shape index (κ2) is 8.79. The Hall–Kier alpha value is -3.00. The summed E-state index contributed by atoms with van der Waals surface area (Å²) in [6.45, 7) is -2.08. The van der Waals surface area contributed by atoms with Gasteiger partial charge >= 0.3 is 6.61 Å². The lowest BCUT2D eigenvalue weighted by Crippen LogP contribution is -2.51. The van der Waals surface area contributed by atoms with Gasteiger partial charge in [-0.2, -0.15) is 8.78 Å². The van der Waals surface area contributed by atoms with Crippen molar-refractivity contribution in [3.05, 3.63) is 65.7 Å². The Bertz CT molecular complexity index is 824. The van der Waals surface area contributed by atoms with E-state index in [1.54, 1.807) is 36.4 Å². The fourth-order valence-electron chi connectivity index (χ4n) is 3.09. The quantitative estimate of drug-likeness (QED) is 0.851. The molecule has 1 atom stereocenters. The van der Waals surface area contributed by atoms with Crippen molar-refractivity contribution in [1.29, 1.82) is 0 Å². The van der Waals surface area contributed by atoms with E-state index in [4.69, 9.17) is 0 Å². The largest absolute Gasteiger partial charge is 0.434 e. The smallest absolute Gasteiger partial charge is 0.387 e. The van der Waals surface area contributed by atoms with E-state index < -0.39 is 24.5 Å². The van der Waals surface area contributed by atoms with Gasteiger partial charge in [0.05, 0.1) is 5.56 Å². The van der Waals surface area contributed by atoms with Gasteiger partial charge in [-0.1, -0.05) is 42.5 Å². The summed E-state index contributed by atoms with van der Waals surface area (Å²) in [4.78, 5) is 28.1. The van der Waals surface area contributed by atoms with Crippen molar-refractivity contribution in [3.8, 4) is 5.75 Å². The number of rotatable bonds is 5. The van der Waals surface area contributed by atoms with Crippen LogP contribution in [0, 0.1) is 0 Å². The highest BCUT2D eigenvalue weighted by atomic mass is 19.3. The fraction of sp³-hybridized carbons (Fsp3) is 0.300. The van der Waals surface area contributed by atoms with Gasteiger partial charge in [0.2, 0.25) is 0 Å². The lowest BCUT2D eigenvalue weighted by molar-refractivity contribution is -0.142. The number of aliphatic hydroxyl groups excluding tert-OH is 1. The van der Waals surface area contributed by atoms with Crippen LogP contribution in [-0.4, -0.2) is 59.5 Å². The predicted octanol–water partition coefficient (Wildman–Crippen LogP) is 2.31. The lowest BCUT2D eigenvalue weighted by atomic mass is 10.1. The molecule has 2 amide bonds. The van der Waals surface area contributed by atoms with Gasteiger partial charge in [-0.25, -0.2) is 0 Å². The second-order valence-corrected chi connectivity index (χ2v) is 6.31. The van der Waals surface area contributed by atoms with Crippen molar-refractivity contribution in [3.63, 3.8) is 0 Å². The number of alkyl halides is 2. The molecular weight excluding hydrogens is 370 g/mol. The molecule has 8 heteroatoms. The molecule has 1 saturated heterocycles. The van der Waals surface area contributed by atoms with E-state index in [0.29, 0.717) is 5.56 Å². The van der Waals surface area contributed by atoms with Gasteiger partial charge in [0.25, 0.3) is 11.8 Å². The number of aliphatic hydroxyl groups is 1. The molecule has 0 aliphatic carbocycles. The normalized spacial score (nSPS) is 15.4. The number of hydrogen-bond acceptors (Lipinski definition) is 4. The summed E-state index contributed by atoms with van der Waals surface area (Å²) in [7, 11) is 0. The Balaban J connectivity index is 1.62. The molecule has 0 bridgehead atoms. The molecule has 6 nitrogen and oxygen atoms in total. The van der Waals surface area contributed by atoms with E-state index in [1.165, 1.54) is 28.0 Å². The number of carbonyl (C=O) groups excluding carboxylic acids is 2. The number of nitrogens with zero attached hydrogens (tertiary/aromatic N) is 2. The van der Waals surface area contributed by atoms with Crippen LogP contribution in [0.2, 0.25) is 0 Å². The third kappa shape index (κ3) is 4.45. The zero-order valence-electron chi connectivity index (χ0n) is 15.0. The minimum atomic E-state index is -3.03. The summed E-state index contributed by atoms with van der Waals surface area (Å²) in [5, 5.41) is 10.3. The molecular formula is C20H20F2N2O4. The summed E-state index contributed by atoms with van der Waals surface area (Å²) >= 11 is 0. The van der Waals surface area contributed by atoms with Crippen LogP contribution in [0.5, 0.6) is 5.75 Å². The van der Waals surface area contributed by atoms with Crippen molar-refractivity contribution in [1.82, 2.24) is 9.80 Å². The average Bonchev–Trinajstić information content (AvgIpc) is 2.73. The van der Waals surface area contributed by atoms with E-state index in [0.717, 1.165) is 0 Å². The summed E-state index contributed by atoms with van der Waals surface area (Å²) < 4.78 is 29.5. The zero-order valence-corrected chi connectivity index (χ0v) is 15.0. The maximum absolute atomic E-state index is 12.7. The Morgan fingerprint density at radius 2 is 1.46 bits per heavy atom. The first-order chi connectivity index (χ1) is 13.5. The number of para-hydroxylation sites is 1. The number of piperazine rings is 1. The van der Waals surface area contributed by atoms with Crippen molar-refractivity contribution < 1.29 is 28.2 Å². The van der Waals surface area contributed by atoms with Crippen LogP contribution in [-0.2, 0) is 4.79 Å². The van der Waals surface area contributed by atoms with Crippen LogP contribution < -0.4 is 4.74 Å². The molecule has 0 aromatic heterocycles. The fourth-order valence-corrected chi connectivity index (χ4v) is 3.09. The first-order valence-corrected chi connectivity index (χ1v) is 8.82. The topological polar surface area (TPSA) is 70.1 Å². The number of halogens is 2. The van der Waals surface area contributed by atoms with Gasteiger partial charge in [0, 0.05) is 26.2 Å².